The summed E-state index contributed by atoms with van der Waals surface area (Å²) in [5, 5.41) is 10.7. The predicted molar refractivity (Wildman–Crippen MR) is 125 cm³/mol. The van der Waals surface area contributed by atoms with Crippen LogP contribution < -0.4 is 15.2 Å². The van der Waals surface area contributed by atoms with Gasteiger partial charge >= 0.3 is 0 Å². The maximum atomic E-state index is 12.8. The van der Waals surface area contributed by atoms with Gasteiger partial charge in [-0.1, -0.05) is 35.3 Å². The van der Waals surface area contributed by atoms with Gasteiger partial charge in [0.05, 0.1) is 22.6 Å². The van der Waals surface area contributed by atoms with Gasteiger partial charge in [-0.25, -0.2) is 0 Å². The molecule has 1 aliphatic carbocycles. The summed E-state index contributed by atoms with van der Waals surface area (Å²) in [6.45, 7) is 2.54. The summed E-state index contributed by atoms with van der Waals surface area (Å²) < 4.78 is 17.4. The maximum Gasteiger partial charge on any atom is 0.205 e. The molecule has 8 heteroatoms. The summed E-state index contributed by atoms with van der Waals surface area (Å²) in [5.74, 6) is 0.981. The zero-order chi connectivity index (χ0) is 23.5. The van der Waals surface area contributed by atoms with Gasteiger partial charge in [-0.2, -0.15) is 5.26 Å². The highest BCUT2D eigenvalue weighted by Crippen LogP contribution is 2.45. The fourth-order valence-corrected chi connectivity index (χ4v) is 4.39. The zero-order valence-electron chi connectivity index (χ0n) is 18.0. The van der Waals surface area contributed by atoms with E-state index in [0.717, 1.165) is 5.56 Å². The summed E-state index contributed by atoms with van der Waals surface area (Å²) in [6.07, 6.45) is 1.73. The molecule has 170 valence electrons. The molecule has 0 saturated heterocycles. The van der Waals surface area contributed by atoms with E-state index in [9.17, 15) is 10.1 Å². The number of ether oxygens (including phenoxy) is 3. The highest BCUT2D eigenvalue weighted by atomic mass is 35.5. The van der Waals surface area contributed by atoms with E-state index in [4.69, 9.17) is 43.1 Å². The van der Waals surface area contributed by atoms with Gasteiger partial charge in [0.25, 0.3) is 0 Å². The third kappa shape index (κ3) is 4.66. The van der Waals surface area contributed by atoms with Crippen LogP contribution in [0.3, 0.4) is 0 Å². The molecule has 0 saturated carbocycles. The average molecular weight is 485 g/mol. The molecule has 0 fully saturated rings. The van der Waals surface area contributed by atoms with Crippen molar-refractivity contribution in [3.63, 3.8) is 0 Å². The van der Waals surface area contributed by atoms with Crippen molar-refractivity contribution in [3.05, 3.63) is 80.4 Å². The molecule has 1 atom stereocenters. The Labute approximate surface area is 202 Å². The summed E-state index contributed by atoms with van der Waals surface area (Å²) in [4.78, 5) is 12.8. The summed E-state index contributed by atoms with van der Waals surface area (Å²) >= 11 is 12.1. The molecule has 0 spiro atoms. The highest BCUT2D eigenvalue weighted by molar-refractivity contribution is 6.42. The SMILES string of the molecule is CCOc1cc([C@H]2C(C#N)=C(N)OC3=C2C(=O)CCC3)ccc1OCc1ccc(Cl)c(Cl)c1. The predicted octanol–water partition coefficient (Wildman–Crippen LogP) is 5.79. The third-order valence-corrected chi connectivity index (χ3v) is 6.32. The number of carbonyl (C=O) groups excluding carboxylic acids is 1. The smallest absolute Gasteiger partial charge is 0.205 e. The van der Waals surface area contributed by atoms with Crippen molar-refractivity contribution < 1.29 is 19.0 Å². The van der Waals surface area contributed by atoms with Crippen LogP contribution in [0.1, 0.15) is 43.2 Å². The standard InChI is InChI=1S/C25H22Cl2N2O4/c1-2-31-22-11-15(7-9-20(22)32-13-14-6-8-17(26)18(27)10-14)23-16(12-28)25(29)33-21-5-3-4-19(30)24(21)23/h6-11,23H,2-5,13,29H2,1H3/t23-/m0/s1. The minimum Gasteiger partial charge on any atom is -0.490 e. The number of halogens is 2. The quantitative estimate of drug-likeness (QED) is 0.557. The molecular formula is C25H22Cl2N2O4. The lowest BCUT2D eigenvalue weighted by molar-refractivity contribution is -0.116. The fourth-order valence-electron chi connectivity index (χ4n) is 4.07. The van der Waals surface area contributed by atoms with E-state index in [-0.39, 0.29) is 23.8 Å². The van der Waals surface area contributed by atoms with E-state index in [2.05, 4.69) is 6.07 Å². The van der Waals surface area contributed by atoms with Crippen LogP contribution in [0.5, 0.6) is 11.5 Å². The molecule has 0 unspecified atom stereocenters. The number of nitrogens with two attached hydrogens (primary N) is 1. The van der Waals surface area contributed by atoms with Crippen LogP contribution in [-0.4, -0.2) is 12.4 Å². The monoisotopic (exact) mass is 484 g/mol. The van der Waals surface area contributed by atoms with Crippen molar-refractivity contribution in [2.75, 3.05) is 6.61 Å². The van der Waals surface area contributed by atoms with E-state index in [0.29, 0.717) is 64.3 Å². The van der Waals surface area contributed by atoms with Crippen molar-refractivity contribution in [3.8, 4) is 17.6 Å². The molecule has 33 heavy (non-hydrogen) atoms. The Morgan fingerprint density at radius 2 is 1.94 bits per heavy atom. The third-order valence-electron chi connectivity index (χ3n) is 5.58. The molecule has 6 nitrogen and oxygen atoms in total. The molecule has 1 heterocycles. The fraction of sp³-hybridized carbons (Fsp3) is 0.280. The Morgan fingerprint density at radius 3 is 2.67 bits per heavy atom. The molecule has 1 aliphatic heterocycles. The average Bonchev–Trinajstić information content (AvgIpc) is 2.80. The second kappa shape index (κ2) is 9.78. The molecule has 2 N–H and O–H groups in total. The van der Waals surface area contributed by atoms with E-state index in [1.807, 2.05) is 19.1 Å². The Hall–Kier alpha value is -3.14. The number of nitrogens with zero attached hydrogens (tertiary/aromatic N) is 1. The van der Waals surface area contributed by atoms with Crippen molar-refractivity contribution in [1.29, 1.82) is 5.26 Å². The first kappa shape index (κ1) is 23.0. The lowest BCUT2D eigenvalue weighted by Gasteiger charge is -2.31. The van der Waals surface area contributed by atoms with E-state index >= 15 is 0 Å². The lowest BCUT2D eigenvalue weighted by Crippen LogP contribution is -2.27. The largest absolute Gasteiger partial charge is 0.490 e. The minimum absolute atomic E-state index is 0.0283. The van der Waals surface area contributed by atoms with Crippen LogP contribution in [0.25, 0.3) is 0 Å². The number of rotatable bonds is 6. The van der Waals surface area contributed by atoms with Crippen LogP contribution in [0, 0.1) is 11.3 Å². The Kier molecular flexibility index (Phi) is 6.83. The van der Waals surface area contributed by atoms with Crippen LogP contribution in [0.2, 0.25) is 10.0 Å². The van der Waals surface area contributed by atoms with Gasteiger partial charge in [0.1, 0.15) is 24.0 Å². The van der Waals surface area contributed by atoms with Gasteiger partial charge in [-0.15, -0.1) is 0 Å². The number of hydrogen-bond acceptors (Lipinski definition) is 6. The Bertz CT molecular complexity index is 1210. The first-order valence-corrected chi connectivity index (χ1v) is 11.4. The number of ketones is 1. The highest BCUT2D eigenvalue weighted by Gasteiger charge is 2.38. The molecule has 2 aromatic carbocycles. The topological polar surface area (TPSA) is 94.6 Å². The van der Waals surface area contributed by atoms with Crippen LogP contribution in [0.4, 0.5) is 0 Å². The van der Waals surface area contributed by atoms with Gasteiger partial charge in [0.2, 0.25) is 5.88 Å². The first-order valence-electron chi connectivity index (χ1n) is 10.6. The number of allylic oxidation sites excluding steroid dienone is 3. The summed E-state index contributed by atoms with van der Waals surface area (Å²) in [7, 11) is 0. The van der Waals surface area contributed by atoms with Gasteiger partial charge < -0.3 is 19.9 Å². The molecule has 0 aromatic heterocycles. The first-order chi connectivity index (χ1) is 15.9. The number of nitriles is 1. The number of benzene rings is 2. The van der Waals surface area contributed by atoms with Crippen LogP contribution >= 0.6 is 23.2 Å². The maximum absolute atomic E-state index is 12.8. The number of hydrogen-bond donors (Lipinski definition) is 1. The molecule has 0 amide bonds. The number of carbonyl (C=O) groups is 1. The minimum atomic E-state index is -0.602. The normalized spacial score (nSPS) is 17.9. The van der Waals surface area contributed by atoms with Crippen molar-refractivity contribution in [1.82, 2.24) is 0 Å². The van der Waals surface area contributed by atoms with Crippen molar-refractivity contribution in [2.45, 2.75) is 38.7 Å². The molecule has 2 aromatic rings. The Balaban J connectivity index is 1.69. The second-order valence-corrected chi connectivity index (χ2v) is 8.53. The zero-order valence-corrected chi connectivity index (χ0v) is 19.5. The van der Waals surface area contributed by atoms with Crippen molar-refractivity contribution in [2.24, 2.45) is 5.73 Å². The lowest BCUT2D eigenvalue weighted by atomic mass is 9.77. The molecule has 0 radical (unpaired) electrons. The Morgan fingerprint density at radius 1 is 1.12 bits per heavy atom. The van der Waals surface area contributed by atoms with Gasteiger partial charge in [-0.3, -0.25) is 4.79 Å². The molecule has 2 aliphatic rings. The molecule has 4 rings (SSSR count). The van der Waals surface area contributed by atoms with E-state index in [1.54, 1.807) is 24.3 Å². The second-order valence-electron chi connectivity index (χ2n) is 7.71. The summed E-state index contributed by atoms with van der Waals surface area (Å²) in [5.41, 5.74) is 8.33. The molecule has 0 bridgehead atoms. The van der Waals surface area contributed by atoms with Gasteiger partial charge in [0.15, 0.2) is 17.3 Å². The summed E-state index contributed by atoms with van der Waals surface area (Å²) in [6, 6.07) is 12.8. The van der Waals surface area contributed by atoms with E-state index < -0.39 is 5.92 Å². The number of Topliss-reactive ketones (excluding diaryl/α,β-unsaturated/α-hetero) is 1. The van der Waals surface area contributed by atoms with E-state index in [1.165, 1.54) is 0 Å². The van der Waals surface area contributed by atoms with Crippen LogP contribution in [0.15, 0.2) is 59.2 Å². The van der Waals surface area contributed by atoms with Crippen molar-refractivity contribution >= 4 is 29.0 Å². The van der Waals surface area contributed by atoms with Crippen LogP contribution in [-0.2, 0) is 16.1 Å². The molecular weight excluding hydrogens is 463 g/mol. The van der Waals surface area contributed by atoms with Gasteiger partial charge in [-0.05, 0) is 48.7 Å². The van der Waals surface area contributed by atoms with Gasteiger partial charge in [0, 0.05) is 18.4 Å².